The summed E-state index contributed by atoms with van der Waals surface area (Å²) in [6, 6.07) is 5.52. The minimum absolute atomic E-state index is 0.236. The molecule has 0 saturated carbocycles. The van der Waals surface area contributed by atoms with E-state index in [-0.39, 0.29) is 5.56 Å². The third-order valence-corrected chi connectivity index (χ3v) is 4.34. The van der Waals surface area contributed by atoms with Crippen molar-refractivity contribution in [2.45, 2.75) is 12.5 Å². The van der Waals surface area contributed by atoms with Crippen molar-refractivity contribution in [1.82, 2.24) is 4.90 Å². The lowest BCUT2D eigenvalue weighted by molar-refractivity contribution is 0.0209. The van der Waals surface area contributed by atoms with Gasteiger partial charge in [-0.05, 0) is 24.6 Å². The lowest BCUT2D eigenvalue weighted by atomic mass is 10.1. The molecule has 3 rings (SSSR count). The van der Waals surface area contributed by atoms with Gasteiger partial charge in [-0.25, -0.2) is 4.79 Å². The van der Waals surface area contributed by atoms with Crippen LogP contribution in [0.5, 0.6) is 0 Å². The Bertz CT molecular complexity index is 529. The molecule has 21 heavy (non-hydrogen) atoms. The number of hydrogen-bond acceptors (Lipinski definition) is 5. The maximum Gasteiger partial charge on any atom is 0.335 e. The van der Waals surface area contributed by atoms with E-state index in [2.05, 4.69) is 9.80 Å². The number of carboxylic acid groups (broad SMARTS) is 1. The molecule has 0 aliphatic carbocycles. The molecule has 0 aromatic heterocycles. The molecule has 2 heterocycles. The second-order valence-electron chi connectivity index (χ2n) is 5.62. The highest BCUT2D eigenvalue weighted by Crippen LogP contribution is 2.29. The Labute approximate surface area is 124 Å². The first-order valence-corrected chi connectivity index (χ1v) is 7.35. The van der Waals surface area contributed by atoms with Crippen LogP contribution in [0.4, 0.5) is 11.4 Å². The number of carbonyl (C=O) groups is 1. The minimum Gasteiger partial charge on any atom is -0.478 e. The summed E-state index contributed by atoms with van der Waals surface area (Å²) < 4.78 is 5.39. The van der Waals surface area contributed by atoms with Crippen LogP contribution in [-0.4, -0.2) is 61.4 Å². The number of nitrogens with zero attached hydrogens (tertiary/aromatic N) is 2. The van der Waals surface area contributed by atoms with E-state index < -0.39 is 5.97 Å². The molecule has 6 heteroatoms. The van der Waals surface area contributed by atoms with E-state index in [1.165, 1.54) is 0 Å². The molecular formula is C15H21N3O3. The van der Waals surface area contributed by atoms with Crippen molar-refractivity contribution in [3.8, 4) is 0 Å². The number of hydrogen-bond donors (Lipinski definition) is 2. The third-order valence-electron chi connectivity index (χ3n) is 4.34. The summed E-state index contributed by atoms with van der Waals surface area (Å²) in [6.45, 7) is 5.50. The molecule has 0 bridgehead atoms. The van der Waals surface area contributed by atoms with Crippen molar-refractivity contribution in [2.75, 3.05) is 50.0 Å². The van der Waals surface area contributed by atoms with Gasteiger partial charge in [-0.3, -0.25) is 4.90 Å². The van der Waals surface area contributed by atoms with Crippen LogP contribution in [0, 0.1) is 0 Å². The van der Waals surface area contributed by atoms with E-state index >= 15 is 0 Å². The normalized spacial score (nSPS) is 23.4. The average molecular weight is 291 g/mol. The van der Waals surface area contributed by atoms with Crippen LogP contribution in [0.25, 0.3) is 0 Å². The molecule has 0 spiro atoms. The van der Waals surface area contributed by atoms with Gasteiger partial charge in [0.1, 0.15) is 0 Å². The van der Waals surface area contributed by atoms with E-state index in [9.17, 15) is 4.79 Å². The lowest BCUT2D eigenvalue weighted by Crippen LogP contribution is -2.44. The maximum atomic E-state index is 11.0. The fourth-order valence-electron chi connectivity index (χ4n) is 3.18. The van der Waals surface area contributed by atoms with E-state index in [1.54, 1.807) is 12.1 Å². The highest BCUT2D eigenvalue weighted by molar-refractivity contribution is 5.90. The van der Waals surface area contributed by atoms with Gasteiger partial charge in [-0.15, -0.1) is 0 Å². The molecule has 6 nitrogen and oxygen atoms in total. The van der Waals surface area contributed by atoms with Crippen LogP contribution < -0.4 is 10.6 Å². The fraction of sp³-hybridized carbons (Fsp3) is 0.533. The number of benzene rings is 1. The van der Waals surface area contributed by atoms with Gasteiger partial charge in [-0.2, -0.15) is 0 Å². The SMILES string of the molecule is Nc1cc(C(=O)O)ccc1N1CCC(N2CCOCC2)C1. The van der Waals surface area contributed by atoms with E-state index in [0.29, 0.717) is 11.7 Å². The average Bonchev–Trinajstić information content (AvgIpc) is 2.97. The number of nitrogens with two attached hydrogens (primary N) is 1. The number of anilines is 2. The summed E-state index contributed by atoms with van der Waals surface area (Å²) in [6.07, 6.45) is 1.11. The highest BCUT2D eigenvalue weighted by atomic mass is 16.5. The van der Waals surface area contributed by atoms with Gasteiger partial charge in [0.05, 0.1) is 30.2 Å². The van der Waals surface area contributed by atoms with Gasteiger partial charge in [0.2, 0.25) is 0 Å². The van der Waals surface area contributed by atoms with E-state index in [0.717, 1.165) is 51.5 Å². The van der Waals surface area contributed by atoms with Gasteiger partial charge in [0.15, 0.2) is 0 Å². The number of nitrogen functional groups attached to an aromatic ring is 1. The van der Waals surface area contributed by atoms with Crippen LogP contribution in [0.1, 0.15) is 16.8 Å². The lowest BCUT2D eigenvalue weighted by Gasteiger charge is -2.32. The van der Waals surface area contributed by atoms with Gasteiger partial charge >= 0.3 is 5.97 Å². The van der Waals surface area contributed by atoms with Crippen molar-refractivity contribution in [1.29, 1.82) is 0 Å². The molecule has 2 aliphatic heterocycles. The first-order chi connectivity index (χ1) is 10.1. The monoisotopic (exact) mass is 291 g/mol. The highest BCUT2D eigenvalue weighted by Gasteiger charge is 2.29. The molecule has 1 aromatic rings. The number of ether oxygens (including phenoxy) is 1. The topological polar surface area (TPSA) is 79.0 Å². The molecule has 0 radical (unpaired) electrons. The van der Waals surface area contributed by atoms with Crippen molar-refractivity contribution in [2.24, 2.45) is 0 Å². The summed E-state index contributed by atoms with van der Waals surface area (Å²) in [5, 5.41) is 8.99. The first-order valence-electron chi connectivity index (χ1n) is 7.35. The minimum atomic E-state index is -0.944. The van der Waals surface area contributed by atoms with Gasteiger partial charge in [0.25, 0.3) is 0 Å². The molecule has 114 valence electrons. The van der Waals surface area contributed by atoms with E-state index in [4.69, 9.17) is 15.6 Å². The molecule has 1 unspecified atom stereocenters. The van der Waals surface area contributed by atoms with Crippen molar-refractivity contribution < 1.29 is 14.6 Å². The van der Waals surface area contributed by atoms with Crippen molar-refractivity contribution in [3.63, 3.8) is 0 Å². The summed E-state index contributed by atoms with van der Waals surface area (Å²) in [7, 11) is 0. The molecule has 0 amide bonds. The summed E-state index contributed by atoms with van der Waals surface area (Å²) in [4.78, 5) is 15.7. The second-order valence-corrected chi connectivity index (χ2v) is 5.62. The number of aromatic carboxylic acids is 1. The van der Waals surface area contributed by atoms with Gasteiger partial charge in [0, 0.05) is 32.2 Å². The van der Waals surface area contributed by atoms with Crippen molar-refractivity contribution in [3.05, 3.63) is 23.8 Å². The Balaban J connectivity index is 1.69. The van der Waals surface area contributed by atoms with Gasteiger partial charge < -0.3 is 20.5 Å². The van der Waals surface area contributed by atoms with Crippen molar-refractivity contribution >= 4 is 17.3 Å². The second kappa shape index (κ2) is 5.91. The molecule has 3 N–H and O–H groups in total. The Morgan fingerprint density at radius 1 is 1.29 bits per heavy atom. The summed E-state index contributed by atoms with van der Waals surface area (Å²) in [5.74, 6) is -0.944. The number of rotatable bonds is 3. The maximum absolute atomic E-state index is 11.0. The molecular weight excluding hydrogens is 270 g/mol. The summed E-state index contributed by atoms with van der Waals surface area (Å²) >= 11 is 0. The zero-order chi connectivity index (χ0) is 14.8. The van der Waals surface area contributed by atoms with E-state index in [1.807, 2.05) is 6.07 Å². The van der Waals surface area contributed by atoms with Crippen LogP contribution in [-0.2, 0) is 4.74 Å². The zero-order valence-electron chi connectivity index (χ0n) is 12.0. The largest absolute Gasteiger partial charge is 0.478 e. The standard InChI is InChI=1S/C15H21N3O3/c16-13-9-11(15(19)20)1-2-14(13)18-4-3-12(10-18)17-5-7-21-8-6-17/h1-2,9,12H,3-8,10,16H2,(H,19,20). The number of morpholine rings is 1. The Hall–Kier alpha value is -1.79. The smallest absolute Gasteiger partial charge is 0.335 e. The Morgan fingerprint density at radius 3 is 2.71 bits per heavy atom. The first kappa shape index (κ1) is 14.2. The van der Waals surface area contributed by atoms with Crippen LogP contribution in [0.3, 0.4) is 0 Å². The fourth-order valence-corrected chi connectivity index (χ4v) is 3.18. The molecule has 2 aliphatic rings. The van der Waals surface area contributed by atoms with Crippen LogP contribution in [0.15, 0.2) is 18.2 Å². The molecule has 1 aromatic carbocycles. The molecule has 2 fully saturated rings. The van der Waals surface area contributed by atoms with Gasteiger partial charge in [-0.1, -0.05) is 0 Å². The zero-order valence-corrected chi connectivity index (χ0v) is 12.0. The predicted octanol–water partition coefficient (Wildman–Crippen LogP) is 0.878. The van der Waals surface area contributed by atoms with Crippen LogP contribution in [0.2, 0.25) is 0 Å². The quantitative estimate of drug-likeness (QED) is 0.805. The Kier molecular flexibility index (Phi) is 3.98. The van der Waals surface area contributed by atoms with Crippen LogP contribution >= 0.6 is 0 Å². The third kappa shape index (κ3) is 2.96. The number of carboxylic acids is 1. The summed E-state index contributed by atoms with van der Waals surface area (Å²) in [5.41, 5.74) is 7.74. The predicted molar refractivity (Wildman–Crippen MR) is 80.8 cm³/mol. The molecule has 2 saturated heterocycles. The molecule has 1 atom stereocenters. The Morgan fingerprint density at radius 2 is 2.05 bits per heavy atom.